The van der Waals surface area contributed by atoms with Crippen molar-refractivity contribution in [1.82, 2.24) is 0 Å². The van der Waals surface area contributed by atoms with E-state index in [1.165, 1.54) is 31.2 Å². The summed E-state index contributed by atoms with van der Waals surface area (Å²) >= 11 is 0. The highest BCUT2D eigenvalue weighted by atomic mass is 19.4. The van der Waals surface area contributed by atoms with E-state index in [4.69, 9.17) is 5.11 Å². The molecule has 0 bridgehead atoms. The molecule has 0 heterocycles. The average Bonchev–Trinajstić information content (AvgIpc) is 2.15. The number of rotatable bonds is 2. The van der Waals surface area contributed by atoms with Gasteiger partial charge in [0.1, 0.15) is 0 Å². The Bertz CT molecular complexity index is 416. The third-order valence-electron chi connectivity index (χ3n) is 1.97. The predicted molar refractivity (Wildman–Crippen MR) is 53.1 cm³/mol. The van der Waals surface area contributed by atoms with Gasteiger partial charge in [0, 0.05) is 6.08 Å². The lowest BCUT2D eigenvalue weighted by molar-refractivity contribution is -0.0793. The lowest BCUT2D eigenvalue weighted by Gasteiger charge is -2.04. The molecule has 0 saturated heterocycles. The summed E-state index contributed by atoms with van der Waals surface area (Å²) in [6.07, 6.45) is -4.18. The number of halogens is 3. The number of hydrogen-bond donors (Lipinski definition) is 1. The minimum atomic E-state index is -4.37. The summed E-state index contributed by atoms with van der Waals surface area (Å²) in [7, 11) is 0. The smallest absolute Gasteiger partial charge is 0.410 e. The van der Waals surface area contributed by atoms with Crippen molar-refractivity contribution in [3.8, 4) is 0 Å². The maximum absolute atomic E-state index is 12.0. The van der Waals surface area contributed by atoms with Crippen molar-refractivity contribution in [2.45, 2.75) is 13.1 Å². The van der Waals surface area contributed by atoms with Gasteiger partial charge in [0.05, 0.1) is 5.56 Å². The van der Waals surface area contributed by atoms with Gasteiger partial charge in [-0.15, -0.1) is 0 Å². The van der Waals surface area contributed by atoms with Crippen molar-refractivity contribution >= 4 is 11.5 Å². The second kappa shape index (κ2) is 4.38. The van der Waals surface area contributed by atoms with Crippen molar-refractivity contribution in [1.29, 1.82) is 0 Å². The van der Waals surface area contributed by atoms with Gasteiger partial charge >= 0.3 is 12.1 Å². The van der Waals surface area contributed by atoms with Crippen LogP contribution in [-0.4, -0.2) is 17.3 Å². The topological polar surface area (TPSA) is 37.3 Å². The number of benzene rings is 1. The molecular weight excluding hydrogens is 221 g/mol. The monoisotopic (exact) mass is 230 g/mol. The Morgan fingerprint density at radius 3 is 2.00 bits per heavy atom. The van der Waals surface area contributed by atoms with E-state index in [-0.39, 0.29) is 17.2 Å². The van der Waals surface area contributed by atoms with Crippen LogP contribution in [0.15, 0.2) is 30.3 Å². The van der Waals surface area contributed by atoms with Crippen molar-refractivity contribution in [3.05, 3.63) is 41.5 Å². The Kier molecular flexibility index (Phi) is 3.37. The molecule has 5 heteroatoms. The Hall–Kier alpha value is -1.78. The van der Waals surface area contributed by atoms with E-state index in [1.54, 1.807) is 0 Å². The van der Waals surface area contributed by atoms with Crippen molar-refractivity contribution in [2.75, 3.05) is 0 Å². The van der Waals surface area contributed by atoms with Crippen LogP contribution in [0.4, 0.5) is 13.2 Å². The summed E-state index contributed by atoms with van der Waals surface area (Å²) in [4.78, 5) is 10.5. The minimum Gasteiger partial charge on any atom is -0.478 e. The molecule has 1 N–H and O–H groups in total. The number of carboxylic acids is 1. The van der Waals surface area contributed by atoms with E-state index in [0.717, 1.165) is 0 Å². The Balaban J connectivity index is 2.99. The minimum absolute atomic E-state index is 0.0450. The molecule has 0 spiro atoms. The molecule has 0 amide bonds. The molecule has 0 fully saturated rings. The van der Waals surface area contributed by atoms with E-state index < -0.39 is 12.1 Å². The number of hydrogen-bond acceptors (Lipinski definition) is 1. The molecule has 16 heavy (non-hydrogen) atoms. The summed E-state index contributed by atoms with van der Waals surface area (Å²) < 4.78 is 36.1. The van der Waals surface area contributed by atoms with Crippen LogP contribution in [0.5, 0.6) is 0 Å². The molecular formula is C11H9F3O2. The number of aromatic carboxylic acids is 1. The molecule has 0 radical (unpaired) electrons. The van der Waals surface area contributed by atoms with Crippen LogP contribution in [0.25, 0.3) is 5.57 Å². The lowest BCUT2D eigenvalue weighted by atomic mass is 10.1. The molecule has 0 aliphatic rings. The molecule has 0 aliphatic heterocycles. The van der Waals surface area contributed by atoms with Crippen molar-refractivity contribution in [2.24, 2.45) is 0 Å². The lowest BCUT2D eigenvalue weighted by Crippen LogP contribution is -2.02. The molecule has 0 aliphatic carbocycles. The molecule has 1 rings (SSSR count). The molecule has 0 saturated carbocycles. The fraction of sp³-hybridized carbons (Fsp3) is 0.182. The van der Waals surface area contributed by atoms with Gasteiger partial charge in [-0.1, -0.05) is 12.1 Å². The van der Waals surface area contributed by atoms with Gasteiger partial charge in [0.25, 0.3) is 0 Å². The SMILES string of the molecule is C/C(=C/C(F)(F)F)c1ccc(C(=O)O)cc1. The number of allylic oxidation sites excluding steroid dienone is 2. The summed E-state index contributed by atoms with van der Waals surface area (Å²) in [6, 6.07) is 5.23. The van der Waals surface area contributed by atoms with Crippen molar-refractivity contribution in [3.63, 3.8) is 0 Å². The fourth-order valence-electron chi connectivity index (χ4n) is 1.20. The standard InChI is InChI=1S/C11H9F3O2/c1-7(6-11(12,13)14)8-2-4-9(5-3-8)10(15)16/h2-6H,1H3,(H,15,16)/b7-6-. The van der Waals surface area contributed by atoms with Crippen LogP contribution in [0.1, 0.15) is 22.8 Å². The average molecular weight is 230 g/mol. The summed E-state index contributed by atoms with van der Waals surface area (Å²) in [5.74, 6) is -1.11. The third-order valence-corrected chi connectivity index (χ3v) is 1.97. The van der Waals surface area contributed by atoms with Crippen LogP contribution in [0.3, 0.4) is 0 Å². The zero-order valence-corrected chi connectivity index (χ0v) is 8.38. The first-order valence-corrected chi connectivity index (χ1v) is 4.39. The Morgan fingerprint density at radius 1 is 1.19 bits per heavy atom. The first kappa shape index (κ1) is 12.3. The quantitative estimate of drug-likeness (QED) is 0.845. The Morgan fingerprint density at radius 2 is 1.62 bits per heavy atom. The number of carboxylic acid groups (broad SMARTS) is 1. The molecule has 86 valence electrons. The highest BCUT2D eigenvalue weighted by Crippen LogP contribution is 2.23. The normalized spacial score (nSPS) is 12.6. The maximum atomic E-state index is 12.0. The van der Waals surface area contributed by atoms with Gasteiger partial charge in [0.2, 0.25) is 0 Å². The summed E-state index contributed by atoms with van der Waals surface area (Å²) in [5, 5.41) is 8.61. The van der Waals surface area contributed by atoms with E-state index in [1.807, 2.05) is 0 Å². The van der Waals surface area contributed by atoms with Crippen LogP contribution < -0.4 is 0 Å². The van der Waals surface area contributed by atoms with Crippen LogP contribution >= 0.6 is 0 Å². The van der Waals surface area contributed by atoms with Gasteiger partial charge in [-0.05, 0) is 30.2 Å². The molecule has 0 aromatic heterocycles. The number of alkyl halides is 3. The van der Waals surface area contributed by atoms with Crippen LogP contribution in [-0.2, 0) is 0 Å². The highest BCUT2D eigenvalue weighted by Gasteiger charge is 2.23. The van der Waals surface area contributed by atoms with Gasteiger partial charge in [-0.3, -0.25) is 0 Å². The van der Waals surface area contributed by atoms with E-state index in [0.29, 0.717) is 5.56 Å². The van der Waals surface area contributed by atoms with E-state index >= 15 is 0 Å². The highest BCUT2D eigenvalue weighted by molar-refractivity contribution is 5.88. The molecule has 2 nitrogen and oxygen atoms in total. The second-order valence-corrected chi connectivity index (χ2v) is 3.25. The predicted octanol–water partition coefficient (Wildman–Crippen LogP) is 3.35. The van der Waals surface area contributed by atoms with Crippen LogP contribution in [0, 0.1) is 0 Å². The molecule has 0 atom stereocenters. The summed E-state index contributed by atoms with van der Waals surface area (Å²) in [6.45, 7) is 1.32. The maximum Gasteiger partial charge on any atom is 0.410 e. The largest absolute Gasteiger partial charge is 0.478 e. The molecule has 1 aromatic carbocycles. The zero-order valence-electron chi connectivity index (χ0n) is 8.38. The van der Waals surface area contributed by atoms with Gasteiger partial charge in [-0.25, -0.2) is 4.79 Å². The van der Waals surface area contributed by atoms with E-state index in [9.17, 15) is 18.0 Å². The second-order valence-electron chi connectivity index (χ2n) is 3.25. The molecule has 0 unspecified atom stereocenters. The summed E-state index contributed by atoms with van der Waals surface area (Å²) in [5.41, 5.74) is 0.440. The van der Waals surface area contributed by atoms with Crippen LogP contribution in [0.2, 0.25) is 0 Å². The fourth-order valence-corrected chi connectivity index (χ4v) is 1.20. The van der Waals surface area contributed by atoms with E-state index in [2.05, 4.69) is 0 Å². The third kappa shape index (κ3) is 3.42. The number of carbonyl (C=O) groups is 1. The first-order valence-electron chi connectivity index (χ1n) is 4.39. The molecule has 1 aromatic rings. The van der Waals surface area contributed by atoms with Gasteiger partial charge < -0.3 is 5.11 Å². The van der Waals surface area contributed by atoms with Gasteiger partial charge in [-0.2, -0.15) is 13.2 Å². The zero-order chi connectivity index (χ0) is 12.3. The first-order chi connectivity index (χ1) is 7.29. The Labute approximate surface area is 90.0 Å². The van der Waals surface area contributed by atoms with Crippen molar-refractivity contribution < 1.29 is 23.1 Å². The van der Waals surface area contributed by atoms with Gasteiger partial charge in [0.15, 0.2) is 0 Å².